The van der Waals surface area contributed by atoms with Gasteiger partial charge in [-0.3, -0.25) is 0 Å². The van der Waals surface area contributed by atoms with Gasteiger partial charge in [0.2, 0.25) is 0 Å². The summed E-state index contributed by atoms with van der Waals surface area (Å²) < 4.78 is 26.7. The van der Waals surface area contributed by atoms with Crippen molar-refractivity contribution in [2.75, 3.05) is 6.54 Å². The van der Waals surface area contributed by atoms with Gasteiger partial charge in [-0.05, 0) is 17.7 Å². The maximum Gasteiger partial charge on any atom is 0.133 e. The van der Waals surface area contributed by atoms with Crippen LogP contribution >= 0.6 is 11.6 Å². The Balaban J connectivity index is 3.03. The Morgan fingerprint density at radius 2 is 1.88 bits per heavy atom. The highest BCUT2D eigenvalue weighted by atomic mass is 35.5. The lowest BCUT2D eigenvalue weighted by Gasteiger charge is -2.17. The highest BCUT2D eigenvalue weighted by molar-refractivity contribution is 6.30. The van der Waals surface area contributed by atoms with Crippen LogP contribution in [0.15, 0.2) is 17.2 Å². The van der Waals surface area contributed by atoms with E-state index in [2.05, 4.69) is 10.0 Å². The number of rotatable bonds is 4. The van der Waals surface area contributed by atoms with Gasteiger partial charge in [-0.1, -0.05) is 16.7 Å². The Hall–Kier alpha value is -1.40. The van der Waals surface area contributed by atoms with Gasteiger partial charge in [-0.15, -0.1) is 0 Å². The number of aliphatic hydroxyl groups is 2. The number of hydrogen-bond acceptors (Lipinski definition) is 3. The number of nitrogens with zero attached hydrogens (tertiary/aromatic N) is 3. The minimum atomic E-state index is -1.84. The predicted molar refractivity (Wildman–Crippen MR) is 56.3 cm³/mol. The average molecular weight is 264 g/mol. The van der Waals surface area contributed by atoms with Crippen molar-refractivity contribution in [2.24, 2.45) is 5.11 Å². The Morgan fingerprint density at radius 3 is 2.35 bits per heavy atom. The molecule has 0 saturated heterocycles. The molecule has 0 bridgehead atoms. The quantitative estimate of drug-likeness (QED) is 0.496. The highest BCUT2D eigenvalue weighted by Crippen LogP contribution is 2.26. The maximum absolute atomic E-state index is 13.3. The van der Waals surface area contributed by atoms with E-state index in [1.807, 2.05) is 0 Å². The third-order valence-corrected chi connectivity index (χ3v) is 2.25. The van der Waals surface area contributed by atoms with E-state index in [9.17, 15) is 19.0 Å². The third kappa shape index (κ3) is 3.28. The Kier molecular flexibility index (Phi) is 4.65. The lowest BCUT2D eigenvalue weighted by molar-refractivity contribution is 0.0199. The van der Waals surface area contributed by atoms with Crippen LogP contribution in [0.1, 0.15) is 11.7 Å². The van der Waals surface area contributed by atoms with E-state index in [4.69, 9.17) is 17.1 Å². The largest absolute Gasteiger partial charge is 0.390 e. The van der Waals surface area contributed by atoms with Crippen LogP contribution in [0.4, 0.5) is 8.78 Å². The molecule has 92 valence electrons. The molecule has 2 unspecified atom stereocenters. The minimum absolute atomic E-state index is 0.166. The highest BCUT2D eigenvalue weighted by Gasteiger charge is 2.25. The molecule has 1 aromatic carbocycles. The fourth-order valence-corrected chi connectivity index (χ4v) is 1.44. The van der Waals surface area contributed by atoms with Crippen LogP contribution in [0.3, 0.4) is 0 Å². The van der Waals surface area contributed by atoms with Crippen LogP contribution in [-0.2, 0) is 0 Å². The van der Waals surface area contributed by atoms with Crippen LogP contribution in [0.2, 0.25) is 5.02 Å². The zero-order chi connectivity index (χ0) is 13.0. The standard InChI is InChI=1S/C9H8ClF2N3O2/c10-4-1-5(11)8(6(12)2-4)9(17)7(16)3-14-15-13/h1-2,7,9,16-17H,3H2. The molecule has 0 amide bonds. The van der Waals surface area contributed by atoms with Gasteiger partial charge in [0.05, 0.1) is 18.2 Å². The summed E-state index contributed by atoms with van der Waals surface area (Å²) in [5, 5.41) is 21.7. The molecule has 0 aliphatic heterocycles. The van der Waals surface area contributed by atoms with Gasteiger partial charge in [0.1, 0.15) is 17.7 Å². The van der Waals surface area contributed by atoms with Crippen molar-refractivity contribution in [3.05, 3.63) is 44.8 Å². The van der Waals surface area contributed by atoms with Gasteiger partial charge in [0.25, 0.3) is 0 Å². The predicted octanol–water partition coefficient (Wildman–Crippen LogP) is 2.32. The molecule has 8 heteroatoms. The molecule has 2 atom stereocenters. The first-order valence-electron chi connectivity index (χ1n) is 4.48. The van der Waals surface area contributed by atoms with Crippen molar-refractivity contribution < 1.29 is 19.0 Å². The lowest BCUT2D eigenvalue weighted by atomic mass is 10.0. The molecule has 0 aliphatic rings. The zero-order valence-electron chi connectivity index (χ0n) is 8.39. The van der Waals surface area contributed by atoms with Gasteiger partial charge < -0.3 is 10.2 Å². The van der Waals surface area contributed by atoms with Gasteiger partial charge in [-0.2, -0.15) is 0 Å². The number of azide groups is 1. The summed E-state index contributed by atoms with van der Waals surface area (Å²) in [5.41, 5.74) is 7.30. The molecule has 0 aromatic heterocycles. The van der Waals surface area contributed by atoms with E-state index in [0.717, 1.165) is 12.1 Å². The fourth-order valence-electron chi connectivity index (χ4n) is 1.25. The summed E-state index contributed by atoms with van der Waals surface area (Å²) in [5.74, 6) is -2.16. The van der Waals surface area contributed by atoms with E-state index in [-0.39, 0.29) is 5.02 Å². The molecule has 0 aliphatic carbocycles. The summed E-state index contributed by atoms with van der Waals surface area (Å²) >= 11 is 5.40. The lowest BCUT2D eigenvalue weighted by Crippen LogP contribution is -2.23. The van der Waals surface area contributed by atoms with Crippen molar-refractivity contribution in [1.29, 1.82) is 0 Å². The monoisotopic (exact) mass is 263 g/mol. The number of benzene rings is 1. The molecule has 5 nitrogen and oxygen atoms in total. The molecule has 0 spiro atoms. The van der Waals surface area contributed by atoms with Crippen molar-refractivity contribution in [1.82, 2.24) is 0 Å². The molecule has 1 rings (SSSR count). The summed E-state index contributed by atoms with van der Waals surface area (Å²) in [4.78, 5) is 2.36. The SMILES string of the molecule is [N-]=[N+]=NCC(O)C(O)c1c(F)cc(Cl)cc1F. The summed E-state index contributed by atoms with van der Waals surface area (Å²) in [6.07, 6.45) is -3.44. The summed E-state index contributed by atoms with van der Waals surface area (Å²) in [6, 6.07) is 1.62. The van der Waals surface area contributed by atoms with Gasteiger partial charge in [0, 0.05) is 9.93 Å². The van der Waals surface area contributed by atoms with Crippen LogP contribution in [0.5, 0.6) is 0 Å². The Labute approximate surface area is 99.9 Å². The van der Waals surface area contributed by atoms with Crippen LogP contribution in [0, 0.1) is 11.6 Å². The van der Waals surface area contributed by atoms with Gasteiger partial charge in [-0.25, -0.2) is 8.78 Å². The van der Waals surface area contributed by atoms with Crippen molar-refractivity contribution >= 4 is 11.6 Å². The molecular weight excluding hydrogens is 256 g/mol. The smallest absolute Gasteiger partial charge is 0.133 e. The molecule has 0 saturated carbocycles. The second-order valence-corrected chi connectivity index (χ2v) is 3.65. The number of halogens is 3. The van der Waals surface area contributed by atoms with Gasteiger partial charge >= 0.3 is 0 Å². The van der Waals surface area contributed by atoms with E-state index < -0.39 is 36.0 Å². The molecular formula is C9H8ClF2N3O2. The normalized spacial score (nSPS) is 13.9. The molecule has 2 N–H and O–H groups in total. The first kappa shape index (κ1) is 13.7. The Bertz CT molecular complexity index is 443. The number of aliphatic hydroxyl groups excluding tert-OH is 2. The second-order valence-electron chi connectivity index (χ2n) is 3.21. The third-order valence-electron chi connectivity index (χ3n) is 2.04. The first-order chi connectivity index (χ1) is 7.97. The number of hydrogen-bond donors (Lipinski definition) is 2. The average Bonchev–Trinajstić information content (AvgIpc) is 2.24. The van der Waals surface area contributed by atoms with Crippen LogP contribution in [-0.4, -0.2) is 22.9 Å². The first-order valence-corrected chi connectivity index (χ1v) is 4.86. The maximum atomic E-state index is 13.3. The Morgan fingerprint density at radius 1 is 1.35 bits per heavy atom. The molecule has 0 heterocycles. The molecule has 17 heavy (non-hydrogen) atoms. The molecule has 0 radical (unpaired) electrons. The van der Waals surface area contributed by atoms with E-state index in [1.165, 1.54) is 0 Å². The van der Waals surface area contributed by atoms with E-state index in [0.29, 0.717) is 0 Å². The summed E-state index contributed by atoms with van der Waals surface area (Å²) in [7, 11) is 0. The van der Waals surface area contributed by atoms with Crippen LogP contribution < -0.4 is 0 Å². The summed E-state index contributed by atoms with van der Waals surface area (Å²) in [6.45, 7) is -0.501. The van der Waals surface area contributed by atoms with Crippen LogP contribution in [0.25, 0.3) is 10.4 Å². The van der Waals surface area contributed by atoms with E-state index in [1.54, 1.807) is 0 Å². The van der Waals surface area contributed by atoms with Crippen molar-refractivity contribution in [3.63, 3.8) is 0 Å². The zero-order valence-corrected chi connectivity index (χ0v) is 9.14. The fraction of sp³-hybridized carbons (Fsp3) is 0.333. The topological polar surface area (TPSA) is 89.2 Å². The van der Waals surface area contributed by atoms with Crippen molar-refractivity contribution in [3.8, 4) is 0 Å². The van der Waals surface area contributed by atoms with E-state index >= 15 is 0 Å². The minimum Gasteiger partial charge on any atom is -0.390 e. The second kappa shape index (κ2) is 5.79. The van der Waals surface area contributed by atoms with Gasteiger partial charge in [0.15, 0.2) is 0 Å². The van der Waals surface area contributed by atoms with Crippen molar-refractivity contribution in [2.45, 2.75) is 12.2 Å². The molecule has 1 aromatic rings. The molecule has 0 fully saturated rings.